The molecule has 0 unspecified atom stereocenters. The zero-order valence-corrected chi connectivity index (χ0v) is 13.9. The first-order valence-corrected chi connectivity index (χ1v) is 8.31. The van der Waals surface area contributed by atoms with Gasteiger partial charge in [-0.15, -0.1) is 0 Å². The lowest BCUT2D eigenvalue weighted by atomic mass is 10.0. The second kappa shape index (κ2) is 7.15. The molecule has 1 saturated heterocycles. The van der Waals surface area contributed by atoms with E-state index in [1.807, 2.05) is 18.3 Å². The molecule has 1 fully saturated rings. The zero-order valence-electron chi connectivity index (χ0n) is 13.9. The Morgan fingerprint density at radius 3 is 3.09 bits per heavy atom. The van der Waals surface area contributed by atoms with Gasteiger partial charge in [0.2, 0.25) is 0 Å². The Kier molecular flexibility index (Phi) is 4.98. The standard InChI is InChI=1S/C18H25N3O2.2H2/c1-21(2)11-9-13-12-20-14-6-3-4-8-16(17(13)14)23-18(22)15-7-5-10-19-15;;/h3-4,8,12,15,19-20H,5-7,9-11H2,1-2H3;2*1H/t15-;;/m0../s1. The molecule has 0 aromatic carbocycles. The summed E-state index contributed by atoms with van der Waals surface area (Å²) >= 11 is 0. The third-order valence-electron chi connectivity index (χ3n) is 4.38. The number of aromatic nitrogens is 1. The summed E-state index contributed by atoms with van der Waals surface area (Å²) in [5.74, 6) is 0.497. The Morgan fingerprint density at radius 1 is 1.48 bits per heavy atom. The highest BCUT2D eigenvalue weighted by Crippen LogP contribution is 2.28. The van der Waals surface area contributed by atoms with E-state index in [0.29, 0.717) is 5.76 Å². The van der Waals surface area contributed by atoms with Crippen molar-refractivity contribution in [2.75, 3.05) is 27.2 Å². The predicted octanol–water partition coefficient (Wildman–Crippen LogP) is 2.36. The lowest BCUT2D eigenvalue weighted by molar-refractivity contribution is -0.138. The van der Waals surface area contributed by atoms with E-state index in [1.54, 1.807) is 0 Å². The van der Waals surface area contributed by atoms with Gasteiger partial charge in [0, 0.05) is 33.3 Å². The van der Waals surface area contributed by atoms with Crippen molar-refractivity contribution < 1.29 is 12.4 Å². The number of nitrogens with one attached hydrogen (secondary N) is 2. The van der Waals surface area contributed by atoms with E-state index in [0.717, 1.165) is 50.0 Å². The number of aromatic amines is 1. The number of allylic oxidation sites excluding steroid dienone is 3. The molecular formula is C18H29N3O2. The maximum atomic E-state index is 12.4. The average molecular weight is 319 g/mol. The topological polar surface area (TPSA) is 57.4 Å². The summed E-state index contributed by atoms with van der Waals surface area (Å²) < 4.78 is 5.76. The van der Waals surface area contributed by atoms with Gasteiger partial charge in [-0.3, -0.25) is 0 Å². The number of esters is 1. The average Bonchev–Trinajstić information content (AvgIpc) is 3.14. The molecule has 0 spiro atoms. The van der Waals surface area contributed by atoms with E-state index >= 15 is 0 Å². The van der Waals surface area contributed by atoms with Gasteiger partial charge in [0.15, 0.2) is 0 Å². The van der Waals surface area contributed by atoms with Gasteiger partial charge in [0.1, 0.15) is 11.8 Å². The first kappa shape index (κ1) is 16.0. The number of H-pyrrole nitrogens is 1. The van der Waals surface area contributed by atoms with E-state index in [4.69, 9.17) is 4.74 Å². The van der Waals surface area contributed by atoms with Crippen LogP contribution in [0.5, 0.6) is 0 Å². The van der Waals surface area contributed by atoms with E-state index in [1.165, 1.54) is 5.56 Å². The molecule has 1 aliphatic carbocycles. The smallest absolute Gasteiger partial charge is 0.328 e. The van der Waals surface area contributed by atoms with Crippen LogP contribution in [-0.4, -0.2) is 49.1 Å². The minimum absolute atomic E-state index is 0. The molecular weight excluding hydrogens is 290 g/mol. The van der Waals surface area contributed by atoms with Crippen LogP contribution in [0.15, 0.2) is 24.4 Å². The molecule has 1 atom stereocenters. The number of ether oxygens (including phenoxy) is 1. The lowest BCUT2D eigenvalue weighted by Gasteiger charge is -2.15. The SMILES string of the molecule is CN(C)CCc1c[nH]c2c1C(OC(=O)[C@@H]1CCCN1)=CC=CC2.[HH].[HH]. The van der Waals surface area contributed by atoms with Gasteiger partial charge in [-0.05, 0) is 51.5 Å². The minimum atomic E-state index is -0.172. The molecule has 2 N–H and O–H groups in total. The second-order valence-electron chi connectivity index (χ2n) is 6.45. The molecule has 23 heavy (non-hydrogen) atoms. The normalized spacial score (nSPS) is 20.3. The zero-order chi connectivity index (χ0) is 16.2. The number of likely N-dealkylation sites (N-methyl/N-ethyl adjacent to an activating group) is 1. The third-order valence-corrected chi connectivity index (χ3v) is 4.38. The molecule has 2 heterocycles. The highest BCUT2D eigenvalue weighted by Gasteiger charge is 2.26. The molecule has 0 saturated carbocycles. The number of hydrogen-bond donors (Lipinski definition) is 2. The third kappa shape index (κ3) is 3.74. The molecule has 128 valence electrons. The molecule has 1 aliphatic heterocycles. The summed E-state index contributed by atoms with van der Waals surface area (Å²) in [4.78, 5) is 17.9. The molecule has 0 radical (unpaired) electrons. The van der Waals surface area contributed by atoms with Gasteiger partial charge >= 0.3 is 5.97 Å². The fourth-order valence-electron chi connectivity index (χ4n) is 3.10. The molecule has 5 heteroatoms. The van der Waals surface area contributed by atoms with Crippen LogP contribution in [0.3, 0.4) is 0 Å². The fourth-order valence-corrected chi connectivity index (χ4v) is 3.10. The summed E-state index contributed by atoms with van der Waals surface area (Å²) in [6, 6.07) is -0.171. The van der Waals surface area contributed by atoms with E-state index < -0.39 is 0 Å². The predicted molar refractivity (Wildman–Crippen MR) is 95.2 cm³/mol. The van der Waals surface area contributed by atoms with Crippen molar-refractivity contribution in [1.29, 1.82) is 0 Å². The minimum Gasteiger partial charge on any atom is -0.425 e. The van der Waals surface area contributed by atoms with Crippen LogP contribution in [0.2, 0.25) is 0 Å². The van der Waals surface area contributed by atoms with Crippen LogP contribution < -0.4 is 5.32 Å². The number of carbonyl (C=O) groups is 1. The van der Waals surface area contributed by atoms with Crippen molar-refractivity contribution in [3.63, 3.8) is 0 Å². The number of carbonyl (C=O) groups excluding carboxylic acids is 1. The van der Waals surface area contributed by atoms with Crippen LogP contribution in [0.1, 0.15) is 32.5 Å². The van der Waals surface area contributed by atoms with Crippen molar-refractivity contribution >= 4 is 11.7 Å². The van der Waals surface area contributed by atoms with Crippen molar-refractivity contribution in [2.45, 2.75) is 31.7 Å². The molecule has 1 aromatic rings. The van der Waals surface area contributed by atoms with Crippen molar-refractivity contribution in [3.8, 4) is 0 Å². The lowest BCUT2D eigenvalue weighted by Crippen LogP contribution is -2.32. The Bertz CT molecular complexity index is 632. The van der Waals surface area contributed by atoms with Gasteiger partial charge in [-0.25, -0.2) is 4.79 Å². The van der Waals surface area contributed by atoms with Gasteiger partial charge in [0.25, 0.3) is 0 Å². The van der Waals surface area contributed by atoms with Crippen LogP contribution in [0.4, 0.5) is 0 Å². The molecule has 0 amide bonds. The summed E-state index contributed by atoms with van der Waals surface area (Å²) in [5.41, 5.74) is 3.38. The van der Waals surface area contributed by atoms with Crippen molar-refractivity contribution in [3.05, 3.63) is 41.2 Å². The maximum Gasteiger partial charge on any atom is 0.328 e. The summed E-state index contributed by atoms with van der Waals surface area (Å²) in [6.45, 7) is 1.85. The molecule has 5 nitrogen and oxygen atoms in total. The van der Waals surface area contributed by atoms with Gasteiger partial charge in [0.05, 0.1) is 0 Å². The van der Waals surface area contributed by atoms with Crippen LogP contribution in [0, 0.1) is 0 Å². The van der Waals surface area contributed by atoms with Gasteiger partial charge < -0.3 is 19.9 Å². The van der Waals surface area contributed by atoms with Crippen LogP contribution in [0.25, 0.3) is 5.76 Å². The fraction of sp³-hybridized carbons (Fsp3) is 0.500. The number of fused-ring (bicyclic) bond motifs is 1. The summed E-state index contributed by atoms with van der Waals surface area (Å²) in [6.07, 6.45) is 11.6. The highest BCUT2D eigenvalue weighted by molar-refractivity contribution is 5.84. The monoisotopic (exact) mass is 319 g/mol. The first-order chi connectivity index (χ1) is 11.1. The number of rotatable bonds is 5. The van der Waals surface area contributed by atoms with E-state index in [9.17, 15) is 4.79 Å². The Labute approximate surface area is 140 Å². The Morgan fingerprint density at radius 2 is 2.35 bits per heavy atom. The molecule has 3 rings (SSSR count). The Balaban J connectivity index is 0.00000156. The van der Waals surface area contributed by atoms with E-state index in [-0.39, 0.29) is 14.9 Å². The van der Waals surface area contributed by atoms with Gasteiger partial charge in [-0.2, -0.15) is 0 Å². The van der Waals surface area contributed by atoms with Crippen LogP contribution >= 0.6 is 0 Å². The summed E-state index contributed by atoms with van der Waals surface area (Å²) in [5, 5.41) is 3.20. The van der Waals surface area contributed by atoms with E-state index in [2.05, 4.69) is 35.4 Å². The van der Waals surface area contributed by atoms with Crippen molar-refractivity contribution in [1.82, 2.24) is 15.2 Å². The first-order valence-electron chi connectivity index (χ1n) is 8.31. The second-order valence-corrected chi connectivity index (χ2v) is 6.45. The molecule has 0 bridgehead atoms. The Hall–Kier alpha value is -1.85. The largest absolute Gasteiger partial charge is 0.425 e. The highest BCUT2D eigenvalue weighted by atomic mass is 16.5. The summed E-state index contributed by atoms with van der Waals surface area (Å²) in [7, 11) is 4.13. The maximum absolute atomic E-state index is 12.4. The van der Waals surface area contributed by atoms with Crippen molar-refractivity contribution in [2.24, 2.45) is 0 Å². The molecule has 2 aliphatic rings. The van der Waals surface area contributed by atoms with Crippen LogP contribution in [-0.2, 0) is 22.4 Å². The van der Waals surface area contributed by atoms with Gasteiger partial charge in [-0.1, -0.05) is 12.2 Å². The number of hydrogen-bond acceptors (Lipinski definition) is 4. The number of nitrogens with zero attached hydrogens (tertiary/aromatic N) is 1. The quantitative estimate of drug-likeness (QED) is 0.818. The molecule has 1 aromatic heterocycles.